The lowest BCUT2D eigenvalue weighted by Crippen LogP contribution is -2.54. The van der Waals surface area contributed by atoms with Crippen molar-refractivity contribution in [3.8, 4) is 22.6 Å². The Morgan fingerprint density at radius 1 is 0.892 bits per heavy atom. The van der Waals surface area contributed by atoms with Gasteiger partial charge in [0.05, 0.1) is 21.6 Å². The third kappa shape index (κ3) is 4.88. The summed E-state index contributed by atoms with van der Waals surface area (Å²) in [5.74, 6) is -0.0248. The minimum absolute atomic E-state index is 0.0455. The SMILES string of the molecule is O=C1NC(=S)N(c2ccc(Oc3ccccc3)cc2)C(=O)C1=Cc1ccccc1-c1cscc1[N+](=O)[O-]. The summed E-state index contributed by atoms with van der Waals surface area (Å²) in [4.78, 5) is 38.5. The second-order valence-corrected chi connectivity index (χ2v) is 9.01. The van der Waals surface area contributed by atoms with Gasteiger partial charge >= 0.3 is 0 Å². The summed E-state index contributed by atoms with van der Waals surface area (Å²) in [6, 6.07) is 22.9. The van der Waals surface area contributed by atoms with E-state index in [0.29, 0.717) is 33.9 Å². The number of para-hydroxylation sites is 1. The quantitative estimate of drug-likeness (QED) is 0.109. The van der Waals surface area contributed by atoms with E-state index in [1.807, 2.05) is 30.3 Å². The highest BCUT2D eigenvalue weighted by atomic mass is 32.1. The third-order valence-electron chi connectivity index (χ3n) is 5.56. The smallest absolute Gasteiger partial charge is 0.287 e. The van der Waals surface area contributed by atoms with Crippen molar-refractivity contribution in [2.75, 3.05) is 4.90 Å². The van der Waals surface area contributed by atoms with Gasteiger partial charge in [-0.15, -0.1) is 11.3 Å². The molecule has 0 aliphatic carbocycles. The lowest BCUT2D eigenvalue weighted by molar-refractivity contribution is -0.383. The summed E-state index contributed by atoms with van der Waals surface area (Å²) in [7, 11) is 0. The number of nitro groups is 1. The molecule has 2 amide bonds. The first-order valence-electron chi connectivity index (χ1n) is 11.0. The van der Waals surface area contributed by atoms with Crippen molar-refractivity contribution < 1.29 is 19.2 Å². The van der Waals surface area contributed by atoms with Crippen LogP contribution in [0.1, 0.15) is 5.56 Å². The van der Waals surface area contributed by atoms with Crippen LogP contribution in [0.15, 0.2) is 95.2 Å². The van der Waals surface area contributed by atoms with Gasteiger partial charge in [0.1, 0.15) is 17.1 Å². The molecule has 1 saturated heterocycles. The van der Waals surface area contributed by atoms with Crippen LogP contribution < -0.4 is 15.0 Å². The molecule has 182 valence electrons. The standard InChI is InChI=1S/C27H17N3O5S2/c31-25-22(14-17-6-4-5-9-21(17)23-15-37-16-24(23)30(33)34)26(32)29(27(36)28-25)18-10-12-20(13-11-18)35-19-7-2-1-3-8-19/h1-16H,(H,28,31,36). The lowest BCUT2D eigenvalue weighted by atomic mass is 9.98. The predicted octanol–water partition coefficient (Wildman–Crippen LogP) is 5.95. The van der Waals surface area contributed by atoms with Crippen LogP contribution in [0.2, 0.25) is 0 Å². The Balaban J connectivity index is 1.47. The number of hydrogen-bond acceptors (Lipinski definition) is 7. The normalized spacial score (nSPS) is 14.5. The van der Waals surface area contributed by atoms with Crippen LogP contribution in [-0.4, -0.2) is 21.9 Å². The average Bonchev–Trinajstić information content (AvgIpc) is 3.39. The molecule has 1 aliphatic heterocycles. The Hall–Kier alpha value is -4.67. The fourth-order valence-corrected chi connectivity index (χ4v) is 4.91. The fourth-order valence-electron chi connectivity index (χ4n) is 3.84. The van der Waals surface area contributed by atoms with Crippen molar-refractivity contribution in [1.82, 2.24) is 5.32 Å². The van der Waals surface area contributed by atoms with Gasteiger partial charge in [-0.3, -0.25) is 29.9 Å². The number of thiocarbonyl (C=S) groups is 1. The second kappa shape index (κ2) is 10.1. The van der Waals surface area contributed by atoms with Crippen LogP contribution in [0.4, 0.5) is 11.4 Å². The van der Waals surface area contributed by atoms with Crippen LogP contribution in [0.3, 0.4) is 0 Å². The van der Waals surface area contributed by atoms with Crippen molar-refractivity contribution in [2.24, 2.45) is 0 Å². The minimum atomic E-state index is -0.648. The van der Waals surface area contributed by atoms with Gasteiger partial charge in [-0.1, -0.05) is 42.5 Å². The number of anilines is 1. The summed E-state index contributed by atoms with van der Waals surface area (Å²) < 4.78 is 5.80. The molecule has 0 atom stereocenters. The van der Waals surface area contributed by atoms with E-state index in [9.17, 15) is 19.7 Å². The maximum Gasteiger partial charge on any atom is 0.287 e. The van der Waals surface area contributed by atoms with Gasteiger partial charge in [-0.05, 0) is 65.8 Å². The molecule has 2 heterocycles. The molecule has 5 rings (SSSR count). The highest BCUT2D eigenvalue weighted by Gasteiger charge is 2.34. The Morgan fingerprint density at radius 3 is 2.30 bits per heavy atom. The number of ether oxygens (including phenoxy) is 1. The molecule has 10 heteroatoms. The number of amides is 2. The maximum absolute atomic E-state index is 13.5. The molecule has 0 saturated carbocycles. The highest BCUT2D eigenvalue weighted by molar-refractivity contribution is 7.80. The average molecular weight is 528 g/mol. The summed E-state index contributed by atoms with van der Waals surface area (Å²) >= 11 is 6.50. The van der Waals surface area contributed by atoms with E-state index in [4.69, 9.17) is 17.0 Å². The first-order valence-corrected chi connectivity index (χ1v) is 12.3. The number of nitrogens with zero attached hydrogens (tertiary/aromatic N) is 2. The molecule has 1 aliphatic rings. The van der Waals surface area contributed by atoms with Crippen molar-refractivity contribution in [3.05, 3.63) is 111 Å². The molecule has 0 bridgehead atoms. The number of rotatable bonds is 6. The van der Waals surface area contributed by atoms with Crippen LogP contribution in [0.5, 0.6) is 11.5 Å². The van der Waals surface area contributed by atoms with E-state index in [1.54, 1.807) is 53.9 Å². The van der Waals surface area contributed by atoms with Gasteiger partial charge in [0.15, 0.2) is 5.11 Å². The van der Waals surface area contributed by atoms with Gasteiger partial charge in [-0.25, -0.2) is 0 Å². The number of benzene rings is 3. The summed E-state index contributed by atoms with van der Waals surface area (Å²) in [5, 5.41) is 17.1. The van der Waals surface area contributed by atoms with E-state index in [0.717, 1.165) is 0 Å². The number of nitrogens with one attached hydrogen (secondary N) is 1. The number of hydrogen-bond donors (Lipinski definition) is 1. The Morgan fingerprint density at radius 2 is 1.57 bits per heavy atom. The molecule has 37 heavy (non-hydrogen) atoms. The number of carbonyl (C=O) groups is 2. The Labute approximate surface area is 220 Å². The first kappa shape index (κ1) is 24.0. The summed E-state index contributed by atoms with van der Waals surface area (Å²) in [5.41, 5.74) is 1.68. The molecule has 0 radical (unpaired) electrons. The largest absolute Gasteiger partial charge is 0.457 e. The minimum Gasteiger partial charge on any atom is -0.457 e. The molecule has 0 unspecified atom stereocenters. The molecule has 1 fully saturated rings. The second-order valence-electron chi connectivity index (χ2n) is 7.88. The van der Waals surface area contributed by atoms with E-state index < -0.39 is 16.7 Å². The van der Waals surface area contributed by atoms with E-state index in [1.165, 1.54) is 27.7 Å². The van der Waals surface area contributed by atoms with Gasteiger partial charge in [-0.2, -0.15) is 0 Å². The first-order chi connectivity index (χ1) is 17.9. The maximum atomic E-state index is 13.5. The predicted molar refractivity (Wildman–Crippen MR) is 146 cm³/mol. The summed E-state index contributed by atoms with van der Waals surface area (Å²) in [6.45, 7) is 0. The zero-order valence-corrected chi connectivity index (χ0v) is 20.6. The highest BCUT2D eigenvalue weighted by Crippen LogP contribution is 2.36. The molecule has 1 aromatic heterocycles. The lowest BCUT2D eigenvalue weighted by Gasteiger charge is -2.29. The van der Waals surface area contributed by atoms with Crippen molar-refractivity contribution >= 4 is 57.9 Å². The topological polar surface area (TPSA) is 102 Å². The molecule has 0 spiro atoms. The van der Waals surface area contributed by atoms with Crippen LogP contribution >= 0.6 is 23.6 Å². The summed E-state index contributed by atoms with van der Waals surface area (Å²) in [6.07, 6.45) is 1.43. The van der Waals surface area contributed by atoms with E-state index in [2.05, 4.69) is 5.32 Å². The van der Waals surface area contributed by atoms with E-state index in [-0.39, 0.29) is 16.4 Å². The number of carbonyl (C=O) groups excluding carboxylic acids is 2. The molecule has 4 aromatic rings. The van der Waals surface area contributed by atoms with Crippen LogP contribution in [0.25, 0.3) is 17.2 Å². The fraction of sp³-hybridized carbons (Fsp3) is 0. The molecular weight excluding hydrogens is 510 g/mol. The van der Waals surface area contributed by atoms with Crippen LogP contribution in [-0.2, 0) is 9.59 Å². The Kier molecular flexibility index (Phi) is 6.59. The van der Waals surface area contributed by atoms with Crippen molar-refractivity contribution in [2.45, 2.75) is 0 Å². The van der Waals surface area contributed by atoms with Gasteiger partial charge in [0.25, 0.3) is 17.5 Å². The van der Waals surface area contributed by atoms with Crippen LogP contribution in [0, 0.1) is 10.1 Å². The monoisotopic (exact) mass is 527 g/mol. The molecular formula is C27H17N3O5S2. The van der Waals surface area contributed by atoms with Crippen molar-refractivity contribution in [1.29, 1.82) is 0 Å². The van der Waals surface area contributed by atoms with Gasteiger partial charge < -0.3 is 4.74 Å². The molecule has 3 aromatic carbocycles. The van der Waals surface area contributed by atoms with Gasteiger partial charge in [0, 0.05) is 5.38 Å². The third-order valence-corrected chi connectivity index (χ3v) is 6.58. The Bertz CT molecular complexity index is 1560. The van der Waals surface area contributed by atoms with Gasteiger partial charge in [0.2, 0.25) is 0 Å². The molecule has 8 nitrogen and oxygen atoms in total. The zero-order valence-electron chi connectivity index (χ0n) is 19.0. The number of thiophene rings is 1. The van der Waals surface area contributed by atoms with E-state index >= 15 is 0 Å². The molecule has 1 N–H and O–H groups in total. The van der Waals surface area contributed by atoms with Crippen molar-refractivity contribution in [3.63, 3.8) is 0 Å². The zero-order chi connectivity index (χ0) is 25.9.